The molecule has 62 valence electrons. The number of carboxylic acids is 1. The molecule has 0 saturated carbocycles. The van der Waals surface area contributed by atoms with Crippen LogP contribution in [0.1, 0.15) is 10.4 Å². The van der Waals surface area contributed by atoms with E-state index >= 15 is 0 Å². The van der Waals surface area contributed by atoms with E-state index in [0.29, 0.717) is 5.02 Å². The van der Waals surface area contributed by atoms with E-state index < -0.39 is 5.97 Å². The molecular weight excluding hydrogens is 208 g/mol. The second-order valence-corrected chi connectivity index (χ2v) is 2.40. The van der Waals surface area contributed by atoms with Crippen LogP contribution in [0.25, 0.3) is 0 Å². The van der Waals surface area contributed by atoms with Gasteiger partial charge in [-0.1, -0.05) is 11.6 Å². The molecule has 3 nitrogen and oxygen atoms in total. The van der Waals surface area contributed by atoms with E-state index in [-0.39, 0.29) is 49.1 Å². The van der Waals surface area contributed by atoms with Crippen LogP contribution in [0.15, 0.2) is 18.2 Å². The third-order valence-corrected chi connectivity index (χ3v) is 1.42. The summed E-state index contributed by atoms with van der Waals surface area (Å²) in [7, 11) is 0. The van der Waals surface area contributed by atoms with Gasteiger partial charge in [-0.3, -0.25) is 0 Å². The van der Waals surface area contributed by atoms with Crippen LogP contribution in [0.4, 0.5) is 0 Å². The number of phenols is 1. The molecule has 2 N–H and O–H groups in total. The summed E-state index contributed by atoms with van der Waals surface area (Å²) in [6.45, 7) is 0. The zero-order valence-electron chi connectivity index (χ0n) is 5.41. The molecule has 0 heterocycles. The van der Waals surface area contributed by atoms with Gasteiger partial charge in [-0.15, -0.1) is 0 Å². The molecule has 0 aliphatic rings. The van der Waals surface area contributed by atoms with Gasteiger partial charge in [0, 0.05) is 5.02 Å². The average molecular weight is 215 g/mol. The van der Waals surface area contributed by atoms with Gasteiger partial charge in [0.2, 0.25) is 0 Å². The maximum absolute atomic E-state index is 10.4. The quantitative estimate of drug-likeness (QED) is 0.681. The Balaban J connectivity index is 0.00000121. The van der Waals surface area contributed by atoms with Gasteiger partial charge in [0.25, 0.3) is 0 Å². The molecule has 0 amide bonds. The zero-order chi connectivity index (χ0) is 8.43. The van der Waals surface area contributed by atoms with E-state index in [0.717, 1.165) is 0 Å². The van der Waals surface area contributed by atoms with E-state index in [1.165, 1.54) is 18.2 Å². The molecule has 0 spiro atoms. The van der Waals surface area contributed by atoms with Crippen molar-refractivity contribution in [2.45, 2.75) is 0 Å². The van der Waals surface area contributed by atoms with Crippen molar-refractivity contribution in [3.63, 3.8) is 0 Å². The first-order chi connectivity index (χ1) is 5.11. The summed E-state index contributed by atoms with van der Waals surface area (Å²) in [6.07, 6.45) is 0. The average Bonchev–Trinajstić information content (AvgIpc) is 1.94. The SMILES string of the molecule is O=C(O)c1cc(Cl)ccc1O.[CaH2]. The van der Waals surface area contributed by atoms with E-state index in [1.54, 1.807) is 0 Å². The number of rotatable bonds is 1. The Labute approximate surface area is 104 Å². The molecule has 0 fully saturated rings. The number of benzene rings is 1. The number of aromatic hydroxyl groups is 1. The van der Waals surface area contributed by atoms with Crippen LogP contribution in [0.5, 0.6) is 5.75 Å². The Bertz CT molecular complexity index is 301. The van der Waals surface area contributed by atoms with Crippen LogP contribution in [0, 0.1) is 0 Å². The van der Waals surface area contributed by atoms with E-state index in [4.69, 9.17) is 21.8 Å². The molecule has 0 bridgehead atoms. The fourth-order valence-corrected chi connectivity index (χ4v) is 0.852. The first-order valence-electron chi connectivity index (χ1n) is 2.83. The van der Waals surface area contributed by atoms with Crippen molar-refractivity contribution in [1.29, 1.82) is 0 Å². The summed E-state index contributed by atoms with van der Waals surface area (Å²) in [5.41, 5.74) is -0.183. The molecule has 0 radical (unpaired) electrons. The molecule has 12 heavy (non-hydrogen) atoms. The molecule has 1 rings (SSSR count). The van der Waals surface area contributed by atoms with Gasteiger partial charge < -0.3 is 10.2 Å². The minimum atomic E-state index is -1.19. The summed E-state index contributed by atoms with van der Waals surface area (Å²) >= 11 is 5.49. The van der Waals surface area contributed by atoms with E-state index in [2.05, 4.69) is 0 Å². The summed E-state index contributed by atoms with van der Waals surface area (Å²) in [4.78, 5) is 10.4. The molecule has 0 aromatic heterocycles. The van der Waals surface area contributed by atoms with Crippen LogP contribution in [-0.4, -0.2) is 53.9 Å². The Morgan fingerprint density at radius 3 is 2.42 bits per heavy atom. The molecule has 0 saturated heterocycles. The zero-order valence-corrected chi connectivity index (χ0v) is 6.17. The second-order valence-electron chi connectivity index (χ2n) is 1.97. The standard InChI is InChI=1S/C7H5ClO3.Ca.2H/c8-4-1-2-6(9)5(3-4)7(10)11;;;/h1-3,9H,(H,10,11);;;. The normalized spacial score (nSPS) is 8.75. The van der Waals surface area contributed by atoms with Crippen LogP contribution < -0.4 is 0 Å². The van der Waals surface area contributed by atoms with E-state index in [9.17, 15) is 4.79 Å². The molecular formula is C7H7CaClO3. The molecule has 1 aromatic carbocycles. The molecule has 0 unspecified atom stereocenters. The third-order valence-electron chi connectivity index (χ3n) is 1.19. The van der Waals surface area contributed by atoms with Crippen molar-refractivity contribution in [3.8, 4) is 5.75 Å². The number of hydrogen-bond donors (Lipinski definition) is 2. The van der Waals surface area contributed by atoms with E-state index in [1.807, 2.05) is 0 Å². The molecule has 5 heteroatoms. The maximum atomic E-state index is 10.4. The van der Waals surface area contributed by atoms with Gasteiger partial charge in [-0.05, 0) is 18.2 Å². The van der Waals surface area contributed by atoms with Crippen molar-refractivity contribution in [2.24, 2.45) is 0 Å². The number of aromatic carboxylic acids is 1. The van der Waals surface area contributed by atoms with Crippen molar-refractivity contribution in [2.75, 3.05) is 0 Å². The molecule has 0 atom stereocenters. The Morgan fingerprint density at radius 1 is 1.42 bits per heavy atom. The summed E-state index contributed by atoms with van der Waals surface area (Å²) < 4.78 is 0. The summed E-state index contributed by atoms with van der Waals surface area (Å²) in [6, 6.07) is 3.86. The van der Waals surface area contributed by atoms with Gasteiger partial charge in [0.1, 0.15) is 11.3 Å². The van der Waals surface area contributed by atoms with Gasteiger partial charge in [-0.25, -0.2) is 4.79 Å². The third kappa shape index (κ3) is 2.83. The van der Waals surface area contributed by atoms with Crippen molar-refractivity contribution in [1.82, 2.24) is 0 Å². The number of halogens is 1. The fourth-order valence-electron chi connectivity index (χ4n) is 0.680. The van der Waals surface area contributed by atoms with Crippen molar-refractivity contribution in [3.05, 3.63) is 28.8 Å². The van der Waals surface area contributed by atoms with Gasteiger partial charge in [0.15, 0.2) is 0 Å². The second kappa shape index (κ2) is 4.92. The topological polar surface area (TPSA) is 57.5 Å². The Kier molecular flexibility index (Phi) is 4.94. The Hall–Kier alpha value is 0.0397. The predicted octanol–water partition coefficient (Wildman–Crippen LogP) is 0.828. The monoisotopic (exact) mass is 214 g/mol. The number of carboxylic acid groups (broad SMARTS) is 1. The van der Waals surface area contributed by atoms with Gasteiger partial charge >= 0.3 is 43.7 Å². The predicted molar refractivity (Wildman–Crippen MR) is 48.6 cm³/mol. The summed E-state index contributed by atoms with van der Waals surface area (Å²) in [5, 5.41) is 17.7. The summed E-state index contributed by atoms with van der Waals surface area (Å²) in [5.74, 6) is -1.47. The first kappa shape index (κ1) is 12.0. The Morgan fingerprint density at radius 2 is 2.00 bits per heavy atom. The van der Waals surface area contributed by atoms with Gasteiger partial charge in [-0.2, -0.15) is 0 Å². The number of carbonyl (C=O) groups is 1. The van der Waals surface area contributed by atoms with Crippen LogP contribution in [-0.2, 0) is 0 Å². The minimum absolute atomic E-state index is 0. The van der Waals surface area contributed by atoms with Crippen molar-refractivity contribution >= 4 is 55.3 Å². The molecule has 0 aliphatic carbocycles. The number of hydrogen-bond acceptors (Lipinski definition) is 2. The van der Waals surface area contributed by atoms with Crippen LogP contribution in [0.2, 0.25) is 5.02 Å². The molecule has 0 aliphatic heterocycles. The molecule has 1 aromatic rings. The van der Waals surface area contributed by atoms with Crippen LogP contribution in [0.3, 0.4) is 0 Å². The van der Waals surface area contributed by atoms with Crippen molar-refractivity contribution < 1.29 is 15.0 Å². The first-order valence-corrected chi connectivity index (χ1v) is 3.21. The van der Waals surface area contributed by atoms with Gasteiger partial charge in [0.05, 0.1) is 0 Å². The fraction of sp³-hybridized carbons (Fsp3) is 0. The van der Waals surface area contributed by atoms with Crippen LogP contribution >= 0.6 is 11.6 Å².